The van der Waals surface area contributed by atoms with Crippen LogP contribution in [0.25, 0.3) is 0 Å². The van der Waals surface area contributed by atoms with Crippen LogP contribution >= 0.6 is 24.8 Å². The first kappa shape index (κ1) is 27.8. The molecule has 1 aromatic carbocycles. The molecule has 186 valence electrons. The lowest BCUT2D eigenvalue weighted by molar-refractivity contribution is -0.130. The second-order valence-corrected chi connectivity index (χ2v) is 8.34. The fourth-order valence-electron chi connectivity index (χ4n) is 4.18. The van der Waals surface area contributed by atoms with Crippen LogP contribution in [-0.2, 0) is 17.8 Å². The van der Waals surface area contributed by atoms with Crippen LogP contribution in [-0.4, -0.2) is 69.9 Å². The third kappa shape index (κ3) is 7.02. The number of rotatable bonds is 6. The maximum atomic E-state index is 12.6. The first-order chi connectivity index (χ1) is 15.5. The van der Waals surface area contributed by atoms with Crippen LogP contribution in [0.2, 0.25) is 0 Å². The summed E-state index contributed by atoms with van der Waals surface area (Å²) in [5.74, 6) is 0.00756. The molecule has 34 heavy (non-hydrogen) atoms. The van der Waals surface area contributed by atoms with Crippen molar-refractivity contribution in [2.45, 2.75) is 51.0 Å². The number of hydrogen-bond acceptors (Lipinski definition) is 7. The van der Waals surface area contributed by atoms with Crippen molar-refractivity contribution in [1.82, 2.24) is 25.7 Å². The Morgan fingerprint density at radius 1 is 1.24 bits per heavy atom. The number of nitrogens with zero attached hydrogens (tertiary/aromatic N) is 3. The molecule has 2 aliphatic rings. The number of likely N-dealkylation sites (tertiary alicyclic amines) is 1. The molecule has 2 amide bonds. The number of piperidine rings is 1. The number of nitrogens with one attached hydrogen (secondary N) is 2. The third-order valence-corrected chi connectivity index (χ3v) is 6.12. The summed E-state index contributed by atoms with van der Waals surface area (Å²) in [5.41, 5.74) is 2.78. The van der Waals surface area contributed by atoms with Crippen molar-refractivity contribution in [3.63, 3.8) is 0 Å². The van der Waals surface area contributed by atoms with Gasteiger partial charge in [0.1, 0.15) is 6.10 Å². The SMILES string of the molecule is CC(=O)N1CCC(Oc2cc(C(=O)NCC(O)C3Cc4ccccc4CN3)cnn2)CC1.Cl.Cl. The molecule has 0 radical (unpaired) electrons. The Balaban J connectivity index is 0.00000204. The van der Waals surface area contributed by atoms with Crippen LogP contribution in [0.1, 0.15) is 41.3 Å². The van der Waals surface area contributed by atoms with Crippen molar-refractivity contribution < 1.29 is 19.4 Å². The van der Waals surface area contributed by atoms with E-state index in [4.69, 9.17) is 4.74 Å². The molecule has 2 aliphatic heterocycles. The summed E-state index contributed by atoms with van der Waals surface area (Å²) >= 11 is 0. The van der Waals surface area contributed by atoms with Crippen LogP contribution in [0, 0.1) is 0 Å². The lowest BCUT2D eigenvalue weighted by Gasteiger charge is -2.31. The number of ether oxygens (including phenoxy) is 1. The summed E-state index contributed by atoms with van der Waals surface area (Å²) < 4.78 is 5.88. The molecular formula is C23H31Cl2N5O4. The van der Waals surface area contributed by atoms with Crippen molar-refractivity contribution in [3.8, 4) is 5.88 Å². The van der Waals surface area contributed by atoms with Crippen molar-refractivity contribution in [2.24, 2.45) is 0 Å². The third-order valence-electron chi connectivity index (χ3n) is 6.12. The quantitative estimate of drug-likeness (QED) is 0.538. The van der Waals surface area contributed by atoms with Gasteiger partial charge in [-0.15, -0.1) is 29.9 Å². The number of aliphatic hydroxyl groups excluding tert-OH is 1. The molecular weight excluding hydrogens is 481 g/mol. The molecule has 9 nitrogen and oxygen atoms in total. The van der Waals surface area contributed by atoms with Gasteiger partial charge in [0, 0.05) is 58.1 Å². The highest BCUT2D eigenvalue weighted by Gasteiger charge is 2.25. The molecule has 0 spiro atoms. The van der Waals surface area contributed by atoms with Gasteiger partial charge in [0.25, 0.3) is 5.91 Å². The van der Waals surface area contributed by atoms with E-state index in [-0.39, 0.29) is 61.2 Å². The zero-order valence-electron chi connectivity index (χ0n) is 19.0. The van der Waals surface area contributed by atoms with Crippen LogP contribution in [0.3, 0.4) is 0 Å². The van der Waals surface area contributed by atoms with Crippen LogP contribution in [0.5, 0.6) is 5.88 Å². The monoisotopic (exact) mass is 511 g/mol. The highest BCUT2D eigenvalue weighted by Crippen LogP contribution is 2.19. The van der Waals surface area contributed by atoms with E-state index >= 15 is 0 Å². The molecule has 2 unspecified atom stereocenters. The summed E-state index contributed by atoms with van der Waals surface area (Å²) in [6, 6.07) is 9.59. The highest BCUT2D eigenvalue weighted by atomic mass is 35.5. The number of carbonyl (C=O) groups is 2. The number of hydrogen-bond donors (Lipinski definition) is 3. The standard InChI is InChI=1S/C23H29N5O4.2ClH/c1-15(29)28-8-6-19(7-9-28)32-22-11-18(13-26-27-22)23(31)25-14-21(30)20-10-16-4-2-3-5-17(16)12-24-20;;/h2-5,11,13,19-21,24,30H,6-10,12,14H2,1H3,(H,25,31);2*1H. The van der Waals surface area contributed by atoms with Crippen molar-refractivity contribution in [2.75, 3.05) is 19.6 Å². The molecule has 11 heteroatoms. The molecule has 0 aliphatic carbocycles. The first-order valence-electron chi connectivity index (χ1n) is 11.0. The summed E-state index contributed by atoms with van der Waals surface area (Å²) in [6.07, 6.45) is 2.72. The Morgan fingerprint density at radius 2 is 1.94 bits per heavy atom. The number of amides is 2. The molecule has 2 aromatic rings. The minimum atomic E-state index is -0.718. The Labute approximate surface area is 211 Å². The van der Waals surface area contributed by atoms with E-state index in [2.05, 4.69) is 33.0 Å². The normalized spacial score (nSPS) is 18.5. The number of benzene rings is 1. The summed E-state index contributed by atoms with van der Waals surface area (Å²) in [5, 5.41) is 24.5. The van der Waals surface area contributed by atoms with Gasteiger partial charge in [-0.25, -0.2) is 0 Å². The molecule has 4 rings (SSSR count). The predicted molar refractivity (Wildman–Crippen MR) is 132 cm³/mol. The van der Waals surface area contributed by atoms with Crippen LogP contribution in [0.4, 0.5) is 0 Å². The summed E-state index contributed by atoms with van der Waals surface area (Å²) in [4.78, 5) is 25.8. The van der Waals surface area contributed by atoms with E-state index in [0.29, 0.717) is 44.5 Å². The first-order valence-corrected chi connectivity index (χ1v) is 11.0. The minimum Gasteiger partial charge on any atom is -0.473 e. The van der Waals surface area contributed by atoms with E-state index in [1.54, 1.807) is 17.9 Å². The van der Waals surface area contributed by atoms with Gasteiger partial charge >= 0.3 is 0 Å². The molecule has 3 N–H and O–H groups in total. The molecule has 0 saturated carbocycles. The van der Waals surface area contributed by atoms with Crippen LogP contribution < -0.4 is 15.4 Å². The van der Waals surface area contributed by atoms with Crippen molar-refractivity contribution >= 4 is 36.6 Å². The molecule has 1 aromatic heterocycles. The Morgan fingerprint density at radius 3 is 2.65 bits per heavy atom. The number of aromatic nitrogens is 2. The Bertz CT molecular complexity index is 972. The molecule has 0 bridgehead atoms. The van der Waals surface area contributed by atoms with Crippen molar-refractivity contribution in [1.29, 1.82) is 0 Å². The molecule has 1 fully saturated rings. The van der Waals surface area contributed by atoms with E-state index in [0.717, 1.165) is 0 Å². The zero-order valence-corrected chi connectivity index (χ0v) is 20.6. The second kappa shape index (κ2) is 12.9. The summed E-state index contributed by atoms with van der Waals surface area (Å²) in [7, 11) is 0. The minimum absolute atomic E-state index is 0. The Hall–Kier alpha value is -2.46. The van der Waals surface area contributed by atoms with E-state index in [1.807, 2.05) is 12.1 Å². The van der Waals surface area contributed by atoms with Gasteiger partial charge in [0.2, 0.25) is 11.8 Å². The van der Waals surface area contributed by atoms with Gasteiger partial charge in [0.05, 0.1) is 17.9 Å². The number of halogens is 2. The Kier molecular flexibility index (Phi) is 10.5. The topological polar surface area (TPSA) is 117 Å². The van der Waals surface area contributed by atoms with Gasteiger partial charge in [-0.3, -0.25) is 9.59 Å². The molecule has 2 atom stereocenters. The van der Waals surface area contributed by atoms with Gasteiger partial charge in [-0.05, 0) is 17.5 Å². The van der Waals surface area contributed by atoms with E-state index < -0.39 is 6.10 Å². The second-order valence-electron chi connectivity index (χ2n) is 8.34. The van der Waals surface area contributed by atoms with Gasteiger partial charge in [0.15, 0.2) is 0 Å². The lowest BCUT2D eigenvalue weighted by Crippen LogP contribution is -2.49. The largest absolute Gasteiger partial charge is 0.473 e. The van der Waals surface area contributed by atoms with Crippen molar-refractivity contribution in [3.05, 3.63) is 53.2 Å². The molecule has 1 saturated heterocycles. The average Bonchev–Trinajstić information content (AvgIpc) is 2.82. The fraction of sp³-hybridized carbons (Fsp3) is 0.478. The highest BCUT2D eigenvalue weighted by molar-refractivity contribution is 5.94. The maximum Gasteiger partial charge on any atom is 0.253 e. The molecule has 3 heterocycles. The van der Waals surface area contributed by atoms with E-state index in [9.17, 15) is 14.7 Å². The fourth-order valence-corrected chi connectivity index (χ4v) is 4.18. The van der Waals surface area contributed by atoms with Gasteiger partial charge in [-0.1, -0.05) is 24.3 Å². The lowest BCUT2D eigenvalue weighted by atomic mass is 9.93. The summed E-state index contributed by atoms with van der Waals surface area (Å²) in [6.45, 7) is 3.68. The van der Waals surface area contributed by atoms with Crippen LogP contribution in [0.15, 0.2) is 36.5 Å². The average molecular weight is 512 g/mol. The number of carbonyl (C=O) groups excluding carboxylic acids is 2. The van der Waals surface area contributed by atoms with E-state index in [1.165, 1.54) is 17.3 Å². The predicted octanol–water partition coefficient (Wildman–Crippen LogP) is 1.52. The zero-order chi connectivity index (χ0) is 22.5. The maximum absolute atomic E-state index is 12.6. The van der Waals surface area contributed by atoms with Gasteiger partial charge < -0.3 is 25.4 Å². The number of fused-ring (bicyclic) bond motifs is 1. The number of aliphatic hydroxyl groups is 1. The van der Waals surface area contributed by atoms with Gasteiger partial charge in [-0.2, -0.15) is 5.10 Å². The smallest absolute Gasteiger partial charge is 0.253 e.